The van der Waals surface area contributed by atoms with E-state index in [1.807, 2.05) is 0 Å². The normalized spacial score (nSPS) is 12.6. The summed E-state index contributed by atoms with van der Waals surface area (Å²) in [7, 11) is 0. The third-order valence-corrected chi connectivity index (χ3v) is 4.11. The van der Waals surface area contributed by atoms with Gasteiger partial charge in [0.1, 0.15) is 0 Å². The lowest BCUT2D eigenvalue weighted by Crippen LogP contribution is -2.06. The van der Waals surface area contributed by atoms with Crippen LogP contribution in [0.5, 0.6) is 0 Å². The van der Waals surface area contributed by atoms with Crippen LogP contribution in [-0.2, 0) is 0 Å². The highest BCUT2D eigenvalue weighted by atomic mass is 32.1. The number of hydrogen-bond acceptors (Lipinski definition) is 2. The van der Waals surface area contributed by atoms with E-state index < -0.39 is 0 Å². The van der Waals surface area contributed by atoms with Crippen LogP contribution < -0.4 is 5.73 Å². The quantitative estimate of drug-likeness (QED) is 0.837. The molecule has 0 fully saturated rings. The Morgan fingerprint density at radius 3 is 2.47 bits per heavy atom. The van der Waals surface area contributed by atoms with Crippen LogP contribution >= 0.6 is 11.3 Å². The fraction of sp³-hybridized carbons (Fsp3) is 0.333. The van der Waals surface area contributed by atoms with Gasteiger partial charge in [-0.15, -0.1) is 11.3 Å². The molecular weight excluding hydrogens is 226 g/mol. The number of benzene rings is 1. The third kappa shape index (κ3) is 2.96. The molecule has 2 rings (SSSR count). The second-order valence-electron chi connectivity index (χ2n) is 4.28. The van der Waals surface area contributed by atoms with Crippen LogP contribution in [0.1, 0.15) is 31.2 Å². The zero-order chi connectivity index (χ0) is 12.1. The molecule has 0 spiro atoms. The van der Waals surface area contributed by atoms with Crippen LogP contribution in [0.25, 0.3) is 10.4 Å². The molecule has 0 saturated carbocycles. The van der Waals surface area contributed by atoms with Gasteiger partial charge in [0, 0.05) is 4.88 Å². The van der Waals surface area contributed by atoms with Gasteiger partial charge in [-0.2, -0.15) is 0 Å². The highest BCUT2D eigenvalue weighted by molar-refractivity contribution is 7.13. The van der Waals surface area contributed by atoms with Gasteiger partial charge in [-0.1, -0.05) is 37.3 Å². The molecule has 1 unspecified atom stereocenters. The SMILES string of the molecule is CCC(CCN)c1ccc(-c2cccs2)cc1. The lowest BCUT2D eigenvalue weighted by Gasteiger charge is -2.14. The molecular formula is C15H19NS. The molecule has 17 heavy (non-hydrogen) atoms. The molecule has 0 radical (unpaired) electrons. The maximum atomic E-state index is 5.65. The van der Waals surface area contributed by atoms with Crippen LogP contribution in [0.2, 0.25) is 0 Å². The molecule has 0 aliphatic rings. The van der Waals surface area contributed by atoms with Crippen molar-refractivity contribution < 1.29 is 0 Å². The van der Waals surface area contributed by atoms with Crippen LogP contribution in [0.3, 0.4) is 0 Å². The molecule has 0 amide bonds. The molecule has 1 aromatic carbocycles. The summed E-state index contributed by atoms with van der Waals surface area (Å²) in [5.41, 5.74) is 8.38. The second kappa shape index (κ2) is 5.99. The highest BCUT2D eigenvalue weighted by Gasteiger charge is 2.08. The van der Waals surface area contributed by atoms with Crippen molar-refractivity contribution >= 4 is 11.3 Å². The monoisotopic (exact) mass is 245 g/mol. The minimum Gasteiger partial charge on any atom is -0.330 e. The fourth-order valence-corrected chi connectivity index (χ4v) is 2.90. The van der Waals surface area contributed by atoms with Crippen molar-refractivity contribution in [2.24, 2.45) is 5.73 Å². The van der Waals surface area contributed by atoms with Gasteiger partial charge in [0.2, 0.25) is 0 Å². The predicted octanol–water partition coefficient (Wildman–Crippen LogP) is 4.26. The molecule has 0 saturated heterocycles. The molecule has 2 aromatic rings. The maximum Gasteiger partial charge on any atom is 0.0342 e. The Kier molecular flexibility index (Phi) is 4.35. The second-order valence-corrected chi connectivity index (χ2v) is 5.23. The summed E-state index contributed by atoms with van der Waals surface area (Å²) in [6.07, 6.45) is 2.24. The summed E-state index contributed by atoms with van der Waals surface area (Å²) < 4.78 is 0. The van der Waals surface area contributed by atoms with Gasteiger partial charge in [0.25, 0.3) is 0 Å². The highest BCUT2D eigenvalue weighted by Crippen LogP contribution is 2.28. The lowest BCUT2D eigenvalue weighted by atomic mass is 9.92. The van der Waals surface area contributed by atoms with Crippen molar-refractivity contribution in [1.82, 2.24) is 0 Å². The third-order valence-electron chi connectivity index (χ3n) is 3.20. The Morgan fingerprint density at radius 2 is 1.94 bits per heavy atom. The van der Waals surface area contributed by atoms with E-state index in [-0.39, 0.29) is 0 Å². The van der Waals surface area contributed by atoms with E-state index in [1.165, 1.54) is 16.0 Å². The van der Waals surface area contributed by atoms with Gasteiger partial charge >= 0.3 is 0 Å². The predicted molar refractivity (Wildman–Crippen MR) is 76.5 cm³/mol. The van der Waals surface area contributed by atoms with Gasteiger partial charge in [-0.05, 0) is 47.9 Å². The zero-order valence-corrected chi connectivity index (χ0v) is 11.0. The summed E-state index contributed by atoms with van der Waals surface area (Å²) in [4.78, 5) is 1.34. The minimum atomic E-state index is 0.609. The van der Waals surface area contributed by atoms with E-state index in [9.17, 15) is 0 Å². The molecule has 1 aromatic heterocycles. The Labute approximate surface area is 107 Å². The first-order valence-corrected chi connectivity index (χ1v) is 7.07. The number of rotatable bonds is 5. The lowest BCUT2D eigenvalue weighted by molar-refractivity contribution is 0.614. The average molecular weight is 245 g/mol. The molecule has 1 nitrogen and oxygen atoms in total. The van der Waals surface area contributed by atoms with Crippen LogP contribution in [0.4, 0.5) is 0 Å². The standard InChI is InChI=1S/C15H19NS/c1-2-12(9-10-16)13-5-7-14(8-6-13)15-4-3-11-17-15/h3-8,11-12H,2,9-10,16H2,1H3. The van der Waals surface area contributed by atoms with E-state index in [2.05, 4.69) is 48.7 Å². The first-order valence-electron chi connectivity index (χ1n) is 6.19. The van der Waals surface area contributed by atoms with Gasteiger partial charge in [-0.3, -0.25) is 0 Å². The van der Waals surface area contributed by atoms with Crippen molar-refractivity contribution in [3.05, 3.63) is 47.3 Å². The molecule has 0 bridgehead atoms. The van der Waals surface area contributed by atoms with E-state index in [1.54, 1.807) is 11.3 Å². The largest absolute Gasteiger partial charge is 0.330 e. The smallest absolute Gasteiger partial charge is 0.0342 e. The van der Waals surface area contributed by atoms with Crippen LogP contribution in [-0.4, -0.2) is 6.54 Å². The summed E-state index contributed by atoms with van der Waals surface area (Å²) in [6.45, 7) is 3.00. The zero-order valence-electron chi connectivity index (χ0n) is 10.2. The molecule has 0 aliphatic carbocycles. The first-order chi connectivity index (χ1) is 8.35. The number of hydrogen-bond donors (Lipinski definition) is 1. The molecule has 0 aliphatic heterocycles. The van der Waals surface area contributed by atoms with Crippen molar-refractivity contribution in [1.29, 1.82) is 0 Å². The number of thiophene rings is 1. The minimum absolute atomic E-state index is 0.609. The molecule has 2 N–H and O–H groups in total. The van der Waals surface area contributed by atoms with Gasteiger partial charge in [0.15, 0.2) is 0 Å². The molecule has 2 heteroatoms. The summed E-state index contributed by atoms with van der Waals surface area (Å²) in [5.74, 6) is 0.609. The van der Waals surface area contributed by atoms with Crippen LogP contribution in [0, 0.1) is 0 Å². The van der Waals surface area contributed by atoms with E-state index in [0.717, 1.165) is 19.4 Å². The Morgan fingerprint density at radius 1 is 1.18 bits per heavy atom. The summed E-state index contributed by atoms with van der Waals surface area (Å²) in [6, 6.07) is 13.2. The van der Waals surface area contributed by atoms with Gasteiger partial charge in [-0.25, -0.2) is 0 Å². The number of nitrogens with two attached hydrogens (primary N) is 1. The van der Waals surface area contributed by atoms with Crippen molar-refractivity contribution in [3.63, 3.8) is 0 Å². The topological polar surface area (TPSA) is 26.0 Å². The van der Waals surface area contributed by atoms with Gasteiger partial charge < -0.3 is 5.73 Å². The van der Waals surface area contributed by atoms with E-state index in [0.29, 0.717) is 5.92 Å². The average Bonchev–Trinajstić information content (AvgIpc) is 2.90. The van der Waals surface area contributed by atoms with Crippen molar-refractivity contribution in [2.45, 2.75) is 25.7 Å². The maximum absolute atomic E-state index is 5.65. The summed E-state index contributed by atoms with van der Waals surface area (Å²) in [5, 5.41) is 2.12. The van der Waals surface area contributed by atoms with E-state index in [4.69, 9.17) is 5.73 Å². The fourth-order valence-electron chi connectivity index (χ4n) is 2.17. The van der Waals surface area contributed by atoms with Crippen LogP contribution in [0.15, 0.2) is 41.8 Å². The first kappa shape index (κ1) is 12.3. The Bertz CT molecular complexity index is 430. The van der Waals surface area contributed by atoms with Crippen molar-refractivity contribution in [3.8, 4) is 10.4 Å². The summed E-state index contributed by atoms with van der Waals surface area (Å²) >= 11 is 1.79. The molecule has 1 atom stereocenters. The van der Waals surface area contributed by atoms with Crippen molar-refractivity contribution in [2.75, 3.05) is 6.54 Å². The Balaban J connectivity index is 2.17. The van der Waals surface area contributed by atoms with Gasteiger partial charge in [0.05, 0.1) is 0 Å². The molecule has 1 heterocycles. The van der Waals surface area contributed by atoms with E-state index >= 15 is 0 Å². The Hall–Kier alpha value is -1.12. The molecule has 90 valence electrons.